The molecule has 1 aromatic rings. The van der Waals surface area contributed by atoms with Gasteiger partial charge in [0, 0.05) is 18.8 Å². The third-order valence-electron chi connectivity index (χ3n) is 2.09. The second kappa shape index (κ2) is 5.24. The molecule has 4 heteroatoms. The number of nitrogens with two attached hydrogens (primary N) is 1. The lowest BCUT2D eigenvalue weighted by molar-refractivity contribution is 0.142. The molecule has 0 heterocycles. The molecule has 0 radical (unpaired) electrons. The van der Waals surface area contributed by atoms with E-state index in [1.54, 1.807) is 12.1 Å². The maximum absolute atomic E-state index is 10.9. The zero-order chi connectivity index (χ0) is 11.3. The van der Waals surface area contributed by atoms with Crippen molar-refractivity contribution in [2.45, 2.75) is 19.9 Å². The highest BCUT2D eigenvalue weighted by Gasteiger charge is 2.10. The molecule has 0 saturated heterocycles. The SMILES string of the molecule is CCCN(Cc1cccc(N)c1)C(=O)O. The van der Waals surface area contributed by atoms with E-state index in [-0.39, 0.29) is 0 Å². The minimum absolute atomic E-state index is 0.397. The predicted molar refractivity (Wildman–Crippen MR) is 59.6 cm³/mol. The van der Waals surface area contributed by atoms with E-state index in [0.717, 1.165) is 12.0 Å². The van der Waals surface area contributed by atoms with Crippen LogP contribution in [0.2, 0.25) is 0 Å². The Morgan fingerprint density at radius 3 is 2.80 bits per heavy atom. The van der Waals surface area contributed by atoms with Crippen molar-refractivity contribution in [2.24, 2.45) is 0 Å². The number of carbonyl (C=O) groups is 1. The van der Waals surface area contributed by atoms with Crippen molar-refractivity contribution in [3.05, 3.63) is 29.8 Å². The topological polar surface area (TPSA) is 66.6 Å². The first-order valence-electron chi connectivity index (χ1n) is 4.95. The number of carboxylic acid groups (broad SMARTS) is 1. The standard InChI is InChI=1S/C11H16N2O2/c1-2-6-13(11(14)15)8-9-4-3-5-10(12)7-9/h3-5,7H,2,6,8,12H2,1H3,(H,14,15). The van der Waals surface area contributed by atoms with Crippen molar-refractivity contribution in [2.75, 3.05) is 12.3 Å². The average Bonchev–Trinajstić information content (AvgIpc) is 2.17. The van der Waals surface area contributed by atoms with Crippen molar-refractivity contribution in [1.82, 2.24) is 4.90 Å². The summed E-state index contributed by atoms with van der Waals surface area (Å²) in [6, 6.07) is 7.29. The van der Waals surface area contributed by atoms with Crippen LogP contribution in [-0.2, 0) is 6.54 Å². The molecule has 82 valence electrons. The molecule has 1 rings (SSSR count). The molecule has 0 unspecified atom stereocenters. The number of hydrogen-bond acceptors (Lipinski definition) is 2. The smallest absolute Gasteiger partial charge is 0.407 e. The van der Waals surface area contributed by atoms with E-state index in [1.165, 1.54) is 4.90 Å². The summed E-state index contributed by atoms with van der Waals surface area (Å²) in [5, 5.41) is 8.93. The summed E-state index contributed by atoms with van der Waals surface area (Å²) >= 11 is 0. The third-order valence-corrected chi connectivity index (χ3v) is 2.09. The van der Waals surface area contributed by atoms with Crippen LogP contribution in [-0.4, -0.2) is 22.6 Å². The van der Waals surface area contributed by atoms with E-state index in [0.29, 0.717) is 18.8 Å². The van der Waals surface area contributed by atoms with Crippen molar-refractivity contribution in [1.29, 1.82) is 0 Å². The summed E-state index contributed by atoms with van der Waals surface area (Å²) in [6.45, 7) is 2.90. The monoisotopic (exact) mass is 208 g/mol. The van der Waals surface area contributed by atoms with Gasteiger partial charge in [0.25, 0.3) is 0 Å². The van der Waals surface area contributed by atoms with E-state index in [9.17, 15) is 4.79 Å². The number of benzene rings is 1. The molecule has 3 N–H and O–H groups in total. The quantitative estimate of drug-likeness (QED) is 0.745. The lowest BCUT2D eigenvalue weighted by Crippen LogP contribution is -2.29. The van der Waals surface area contributed by atoms with Gasteiger partial charge in [-0.05, 0) is 24.1 Å². The molecule has 0 fully saturated rings. The van der Waals surface area contributed by atoms with E-state index in [4.69, 9.17) is 10.8 Å². The average molecular weight is 208 g/mol. The zero-order valence-corrected chi connectivity index (χ0v) is 8.81. The van der Waals surface area contributed by atoms with Crippen molar-refractivity contribution in [3.8, 4) is 0 Å². The first kappa shape index (κ1) is 11.4. The third kappa shape index (κ3) is 3.50. The van der Waals surface area contributed by atoms with Gasteiger partial charge in [-0.15, -0.1) is 0 Å². The zero-order valence-electron chi connectivity index (χ0n) is 8.81. The van der Waals surface area contributed by atoms with Crippen LogP contribution in [0.3, 0.4) is 0 Å². The van der Waals surface area contributed by atoms with Crippen molar-refractivity contribution < 1.29 is 9.90 Å². The van der Waals surface area contributed by atoms with Crippen LogP contribution in [0.1, 0.15) is 18.9 Å². The number of amides is 1. The molecule has 0 aliphatic heterocycles. The Balaban J connectivity index is 2.69. The molecular weight excluding hydrogens is 192 g/mol. The Labute approximate surface area is 89.3 Å². The molecule has 0 aromatic heterocycles. The maximum Gasteiger partial charge on any atom is 0.407 e. The van der Waals surface area contributed by atoms with Crippen LogP contribution < -0.4 is 5.73 Å². The molecule has 0 saturated carbocycles. The van der Waals surface area contributed by atoms with Crippen LogP contribution in [0, 0.1) is 0 Å². The Hall–Kier alpha value is -1.71. The first-order valence-corrected chi connectivity index (χ1v) is 4.95. The Bertz CT molecular complexity index is 339. The second-order valence-corrected chi connectivity index (χ2v) is 3.45. The minimum Gasteiger partial charge on any atom is -0.465 e. The number of nitrogens with zero attached hydrogens (tertiary/aromatic N) is 1. The van der Waals surface area contributed by atoms with Gasteiger partial charge in [-0.3, -0.25) is 0 Å². The lowest BCUT2D eigenvalue weighted by Gasteiger charge is -2.18. The van der Waals surface area contributed by atoms with Crippen LogP contribution in [0.25, 0.3) is 0 Å². The normalized spacial score (nSPS) is 9.93. The van der Waals surface area contributed by atoms with Gasteiger partial charge in [-0.2, -0.15) is 0 Å². The fraction of sp³-hybridized carbons (Fsp3) is 0.364. The number of anilines is 1. The summed E-state index contributed by atoms with van der Waals surface area (Å²) in [4.78, 5) is 12.3. The maximum atomic E-state index is 10.9. The molecule has 0 aliphatic rings. The summed E-state index contributed by atoms with van der Waals surface area (Å²) in [7, 11) is 0. The van der Waals surface area contributed by atoms with Gasteiger partial charge in [0.2, 0.25) is 0 Å². The highest BCUT2D eigenvalue weighted by molar-refractivity contribution is 5.65. The first-order chi connectivity index (χ1) is 7.13. The molecule has 0 spiro atoms. The molecule has 1 aromatic carbocycles. The number of nitrogen functional groups attached to an aromatic ring is 1. The molecule has 0 bridgehead atoms. The van der Waals surface area contributed by atoms with Gasteiger partial charge >= 0.3 is 6.09 Å². The highest BCUT2D eigenvalue weighted by atomic mass is 16.4. The van der Waals surface area contributed by atoms with Crippen LogP contribution in [0.5, 0.6) is 0 Å². The van der Waals surface area contributed by atoms with E-state index in [1.807, 2.05) is 19.1 Å². The Morgan fingerprint density at radius 1 is 1.53 bits per heavy atom. The van der Waals surface area contributed by atoms with E-state index in [2.05, 4.69) is 0 Å². The van der Waals surface area contributed by atoms with E-state index < -0.39 is 6.09 Å². The minimum atomic E-state index is -0.890. The van der Waals surface area contributed by atoms with Crippen molar-refractivity contribution >= 4 is 11.8 Å². The number of hydrogen-bond donors (Lipinski definition) is 2. The van der Waals surface area contributed by atoms with Gasteiger partial charge in [-0.25, -0.2) is 4.79 Å². The lowest BCUT2D eigenvalue weighted by atomic mass is 10.2. The molecular formula is C11H16N2O2. The van der Waals surface area contributed by atoms with Gasteiger partial charge < -0.3 is 15.7 Å². The van der Waals surface area contributed by atoms with Gasteiger partial charge in [0.05, 0.1) is 0 Å². The van der Waals surface area contributed by atoms with E-state index >= 15 is 0 Å². The summed E-state index contributed by atoms with van der Waals surface area (Å²) in [5.41, 5.74) is 7.20. The summed E-state index contributed by atoms with van der Waals surface area (Å²) in [5.74, 6) is 0. The second-order valence-electron chi connectivity index (χ2n) is 3.45. The summed E-state index contributed by atoms with van der Waals surface area (Å²) in [6.07, 6.45) is -0.0755. The van der Waals surface area contributed by atoms with Gasteiger partial charge in [-0.1, -0.05) is 19.1 Å². The van der Waals surface area contributed by atoms with Gasteiger partial charge in [0.1, 0.15) is 0 Å². The van der Waals surface area contributed by atoms with Gasteiger partial charge in [0.15, 0.2) is 0 Å². The Kier molecular flexibility index (Phi) is 3.97. The van der Waals surface area contributed by atoms with Crippen LogP contribution in [0.15, 0.2) is 24.3 Å². The predicted octanol–water partition coefficient (Wildman–Crippen LogP) is 2.16. The molecule has 0 aliphatic carbocycles. The summed E-state index contributed by atoms with van der Waals surface area (Å²) < 4.78 is 0. The fourth-order valence-electron chi connectivity index (χ4n) is 1.42. The molecule has 4 nitrogen and oxygen atoms in total. The van der Waals surface area contributed by atoms with Crippen molar-refractivity contribution in [3.63, 3.8) is 0 Å². The molecule has 0 atom stereocenters. The molecule has 1 amide bonds. The largest absolute Gasteiger partial charge is 0.465 e. The number of rotatable bonds is 4. The van der Waals surface area contributed by atoms with Crippen LogP contribution in [0.4, 0.5) is 10.5 Å². The highest BCUT2D eigenvalue weighted by Crippen LogP contribution is 2.10. The Morgan fingerprint density at radius 2 is 2.27 bits per heavy atom. The fourth-order valence-corrected chi connectivity index (χ4v) is 1.42. The van der Waals surface area contributed by atoms with Crippen LogP contribution >= 0.6 is 0 Å². The molecule has 15 heavy (non-hydrogen) atoms.